The van der Waals surface area contributed by atoms with Crippen LogP contribution in [0.3, 0.4) is 0 Å². The van der Waals surface area contributed by atoms with Gasteiger partial charge in [0.1, 0.15) is 11.0 Å². The molecule has 3 aromatic rings. The van der Waals surface area contributed by atoms with E-state index in [-0.39, 0.29) is 5.91 Å². The van der Waals surface area contributed by atoms with Crippen LogP contribution in [0.4, 0.5) is 5.82 Å². The summed E-state index contributed by atoms with van der Waals surface area (Å²) >= 11 is 7.61. The fourth-order valence-electron chi connectivity index (χ4n) is 4.14. The maximum atomic E-state index is 12.8. The van der Waals surface area contributed by atoms with Gasteiger partial charge in [-0.15, -0.1) is 0 Å². The minimum Gasteiger partial charge on any atom is -0.355 e. The third-order valence-corrected chi connectivity index (χ3v) is 7.00. The maximum Gasteiger partial charge on any atom is 0.233 e. The summed E-state index contributed by atoms with van der Waals surface area (Å²) in [5.41, 5.74) is 2.57. The van der Waals surface area contributed by atoms with Gasteiger partial charge >= 0.3 is 0 Å². The summed E-state index contributed by atoms with van der Waals surface area (Å²) in [5, 5.41) is 0.918. The molecule has 1 amide bonds. The number of likely N-dealkylation sites (tertiary alicyclic amines) is 1. The summed E-state index contributed by atoms with van der Waals surface area (Å²) in [7, 11) is 1.98. The Hall–Kier alpha value is -2.57. The molecule has 172 valence electrons. The second kappa shape index (κ2) is 11.5. The molecule has 0 N–H and O–H groups in total. The summed E-state index contributed by atoms with van der Waals surface area (Å²) in [6, 6.07) is 22.6. The molecule has 1 aliphatic rings. The van der Waals surface area contributed by atoms with Gasteiger partial charge in [-0.2, -0.15) is 0 Å². The van der Waals surface area contributed by atoms with Gasteiger partial charge in [0.25, 0.3) is 0 Å². The molecule has 33 heavy (non-hydrogen) atoms. The SMILES string of the molecule is CN(Cc1ccccc1)c1cc(Cl)nc(SCC(=O)N2CCC(Cc3ccccc3)CC2)n1. The number of amides is 1. The van der Waals surface area contributed by atoms with E-state index in [0.29, 0.717) is 22.0 Å². The average Bonchev–Trinajstić information content (AvgIpc) is 2.84. The highest BCUT2D eigenvalue weighted by Crippen LogP contribution is 2.25. The molecule has 0 radical (unpaired) electrons. The van der Waals surface area contributed by atoms with Crippen molar-refractivity contribution < 1.29 is 4.79 Å². The molecule has 0 saturated carbocycles. The van der Waals surface area contributed by atoms with Crippen LogP contribution in [-0.2, 0) is 17.8 Å². The third kappa shape index (κ3) is 6.95. The first-order chi connectivity index (χ1) is 16.1. The topological polar surface area (TPSA) is 49.3 Å². The maximum absolute atomic E-state index is 12.8. The molecule has 0 spiro atoms. The average molecular weight is 481 g/mol. The minimum absolute atomic E-state index is 0.140. The Bertz CT molecular complexity index is 1040. The number of benzene rings is 2. The van der Waals surface area contributed by atoms with Gasteiger partial charge in [0.2, 0.25) is 5.91 Å². The molecule has 4 rings (SSSR count). The molecule has 1 saturated heterocycles. The van der Waals surface area contributed by atoms with Crippen molar-refractivity contribution in [2.75, 3.05) is 30.8 Å². The van der Waals surface area contributed by atoms with Crippen molar-refractivity contribution >= 4 is 35.1 Å². The number of thioether (sulfide) groups is 1. The Morgan fingerprint density at radius 2 is 1.67 bits per heavy atom. The molecule has 2 aromatic carbocycles. The van der Waals surface area contributed by atoms with Crippen molar-refractivity contribution in [3.63, 3.8) is 0 Å². The van der Waals surface area contributed by atoms with Crippen LogP contribution in [0.1, 0.15) is 24.0 Å². The van der Waals surface area contributed by atoms with Gasteiger partial charge in [-0.3, -0.25) is 4.79 Å². The number of rotatable bonds is 8. The Morgan fingerprint density at radius 3 is 2.33 bits per heavy atom. The lowest BCUT2D eigenvalue weighted by atomic mass is 9.90. The predicted molar refractivity (Wildman–Crippen MR) is 136 cm³/mol. The van der Waals surface area contributed by atoms with E-state index in [9.17, 15) is 4.79 Å². The third-order valence-electron chi connectivity index (χ3n) is 5.97. The summed E-state index contributed by atoms with van der Waals surface area (Å²) < 4.78 is 0. The molecule has 2 heterocycles. The first-order valence-electron chi connectivity index (χ1n) is 11.3. The highest BCUT2D eigenvalue weighted by molar-refractivity contribution is 7.99. The van der Waals surface area contributed by atoms with E-state index in [4.69, 9.17) is 11.6 Å². The normalized spacial score (nSPS) is 14.3. The monoisotopic (exact) mass is 480 g/mol. The number of aromatic nitrogens is 2. The zero-order valence-corrected chi connectivity index (χ0v) is 20.4. The molecule has 0 atom stereocenters. The quantitative estimate of drug-likeness (QED) is 0.247. The van der Waals surface area contributed by atoms with Crippen LogP contribution >= 0.6 is 23.4 Å². The number of carbonyl (C=O) groups excluding carboxylic acids is 1. The number of halogens is 1. The smallest absolute Gasteiger partial charge is 0.233 e. The van der Waals surface area contributed by atoms with Crippen molar-refractivity contribution in [3.8, 4) is 0 Å². The molecular weight excluding hydrogens is 452 g/mol. The zero-order chi connectivity index (χ0) is 23.0. The lowest BCUT2D eigenvalue weighted by molar-refractivity contribution is -0.129. The Morgan fingerprint density at radius 1 is 1.03 bits per heavy atom. The first-order valence-corrected chi connectivity index (χ1v) is 12.7. The standard InChI is InChI=1S/C26H29ClN4OS/c1-30(18-22-10-6-3-7-11-22)24-17-23(27)28-26(29-24)33-19-25(32)31-14-12-21(13-15-31)16-20-8-4-2-5-9-20/h2-11,17,21H,12-16,18-19H2,1H3. The second-order valence-corrected chi connectivity index (χ2v) is 9.81. The van der Waals surface area contributed by atoms with Gasteiger partial charge < -0.3 is 9.80 Å². The van der Waals surface area contributed by atoms with E-state index in [2.05, 4.69) is 52.4 Å². The first kappa shape index (κ1) is 23.6. The summed E-state index contributed by atoms with van der Waals surface area (Å²) in [6.07, 6.45) is 3.19. The largest absolute Gasteiger partial charge is 0.355 e. The lowest BCUT2D eigenvalue weighted by Gasteiger charge is -2.32. The van der Waals surface area contributed by atoms with Crippen LogP contribution in [0.5, 0.6) is 0 Å². The van der Waals surface area contributed by atoms with E-state index < -0.39 is 0 Å². The van der Waals surface area contributed by atoms with Crippen LogP contribution < -0.4 is 4.90 Å². The van der Waals surface area contributed by atoms with Crippen molar-refractivity contribution in [2.45, 2.75) is 31.0 Å². The van der Waals surface area contributed by atoms with E-state index in [1.807, 2.05) is 35.0 Å². The molecule has 1 aromatic heterocycles. The van der Waals surface area contributed by atoms with Crippen LogP contribution in [0.25, 0.3) is 0 Å². The molecule has 0 unspecified atom stereocenters. The zero-order valence-electron chi connectivity index (χ0n) is 18.9. The number of piperidine rings is 1. The van der Waals surface area contributed by atoms with Crippen LogP contribution in [0.15, 0.2) is 71.9 Å². The number of hydrogen-bond acceptors (Lipinski definition) is 5. The lowest BCUT2D eigenvalue weighted by Crippen LogP contribution is -2.39. The van der Waals surface area contributed by atoms with E-state index >= 15 is 0 Å². The van der Waals surface area contributed by atoms with Gasteiger partial charge in [0.15, 0.2) is 5.16 Å². The van der Waals surface area contributed by atoms with Crippen molar-refractivity contribution in [1.29, 1.82) is 0 Å². The molecule has 1 fully saturated rings. The summed E-state index contributed by atoms with van der Waals surface area (Å²) in [6.45, 7) is 2.35. The van der Waals surface area contributed by atoms with E-state index in [1.165, 1.54) is 22.9 Å². The highest BCUT2D eigenvalue weighted by atomic mass is 35.5. The molecule has 0 aliphatic carbocycles. The second-order valence-electron chi connectivity index (χ2n) is 8.48. The van der Waals surface area contributed by atoms with Gasteiger partial charge in [-0.25, -0.2) is 9.97 Å². The molecule has 7 heteroatoms. The fourth-order valence-corrected chi connectivity index (χ4v) is 5.12. The fraction of sp³-hybridized carbons (Fsp3) is 0.346. The van der Waals surface area contributed by atoms with Crippen LogP contribution in [-0.4, -0.2) is 46.7 Å². The predicted octanol–water partition coefficient (Wildman–Crippen LogP) is 5.34. The Labute approximate surface area is 205 Å². The minimum atomic E-state index is 0.140. The van der Waals surface area contributed by atoms with Crippen molar-refractivity contribution in [3.05, 3.63) is 83.0 Å². The van der Waals surface area contributed by atoms with Gasteiger partial charge in [-0.1, -0.05) is 84.0 Å². The van der Waals surface area contributed by atoms with Gasteiger partial charge in [0.05, 0.1) is 5.75 Å². The van der Waals surface area contributed by atoms with E-state index in [0.717, 1.165) is 44.7 Å². The van der Waals surface area contributed by atoms with Crippen LogP contribution in [0.2, 0.25) is 5.15 Å². The summed E-state index contributed by atoms with van der Waals surface area (Å²) in [5.74, 6) is 1.85. The number of nitrogens with zero attached hydrogens (tertiary/aromatic N) is 4. The van der Waals surface area contributed by atoms with Crippen molar-refractivity contribution in [2.24, 2.45) is 5.92 Å². The number of carbonyl (C=O) groups is 1. The Balaban J connectivity index is 1.27. The number of anilines is 1. The highest BCUT2D eigenvalue weighted by Gasteiger charge is 2.23. The number of hydrogen-bond donors (Lipinski definition) is 0. The van der Waals surface area contributed by atoms with Gasteiger partial charge in [-0.05, 0) is 36.3 Å². The molecule has 5 nitrogen and oxygen atoms in total. The molecular formula is C26H29ClN4OS. The van der Waals surface area contributed by atoms with Crippen molar-refractivity contribution in [1.82, 2.24) is 14.9 Å². The van der Waals surface area contributed by atoms with Crippen LogP contribution in [0, 0.1) is 5.92 Å². The van der Waals surface area contributed by atoms with Gasteiger partial charge in [0, 0.05) is 32.7 Å². The molecule has 0 bridgehead atoms. The molecule has 1 aliphatic heterocycles. The Kier molecular flexibility index (Phi) is 8.24. The van der Waals surface area contributed by atoms with E-state index in [1.54, 1.807) is 6.07 Å². The summed E-state index contributed by atoms with van der Waals surface area (Å²) in [4.78, 5) is 25.7.